The summed E-state index contributed by atoms with van der Waals surface area (Å²) >= 11 is 0. The lowest BCUT2D eigenvalue weighted by molar-refractivity contribution is -0.323. The van der Waals surface area contributed by atoms with Crippen LogP contribution in [0.15, 0.2) is 59.3 Å². The second-order valence-electron chi connectivity index (χ2n) is 10.3. The molecule has 1 aromatic rings. The summed E-state index contributed by atoms with van der Waals surface area (Å²) in [7, 11) is 0. The highest BCUT2D eigenvalue weighted by Crippen LogP contribution is 2.39. The summed E-state index contributed by atoms with van der Waals surface area (Å²) in [6.45, 7) is 0.931. The summed E-state index contributed by atoms with van der Waals surface area (Å²) in [5.74, 6) is -1.77. The number of ether oxygens (including phenoxy) is 5. The second kappa shape index (κ2) is 11.7. The third kappa shape index (κ3) is 5.66. The van der Waals surface area contributed by atoms with Gasteiger partial charge in [0.15, 0.2) is 29.3 Å². The molecule has 15 heteroatoms. The monoisotopic (exact) mass is 596 g/mol. The van der Waals surface area contributed by atoms with E-state index >= 15 is 0 Å². The highest BCUT2D eigenvalue weighted by Gasteiger charge is 2.48. The van der Waals surface area contributed by atoms with Crippen molar-refractivity contribution in [2.75, 3.05) is 6.61 Å². The van der Waals surface area contributed by atoms with Gasteiger partial charge in [0.05, 0.1) is 12.7 Å². The van der Waals surface area contributed by atoms with Crippen LogP contribution in [0.1, 0.15) is 12.5 Å². The van der Waals surface area contributed by atoms with Gasteiger partial charge in [0.2, 0.25) is 6.29 Å². The van der Waals surface area contributed by atoms with Gasteiger partial charge in [-0.1, -0.05) is 0 Å². The summed E-state index contributed by atoms with van der Waals surface area (Å²) in [4.78, 5) is 0. The Labute approximate surface area is 238 Å². The zero-order valence-corrected chi connectivity index (χ0v) is 22.0. The Balaban J connectivity index is 1.40. The molecule has 3 aliphatic heterocycles. The first kappa shape index (κ1) is 30.1. The van der Waals surface area contributed by atoms with Crippen LogP contribution in [0.5, 0.6) is 11.5 Å². The van der Waals surface area contributed by atoms with E-state index in [1.165, 1.54) is 31.2 Å². The Morgan fingerprint density at radius 1 is 0.762 bits per heavy atom. The molecule has 0 bridgehead atoms. The van der Waals surface area contributed by atoms with Crippen molar-refractivity contribution in [3.63, 3.8) is 0 Å². The third-order valence-electron chi connectivity index (χ3n) is 7.35. The van der Waals surface area contributed by atoms with Crippen molar-refractivity contribution in [1.29, 1.82) is 0 Å². The van der Waals surface area contributed by atoms with Crippen LogP contribution >= 0.6 is 0 Å². The molecule has 4 aliphatic rings. The predicted molar refractivity (Wildman–Crippen MR) is 137 cm³/mol. The minimum Gasteiger partial charge on any atom is -0.508 e. The van der Waals surface area contributed by atoms with Gasteiger partial charge in [0.1, 0.15) is 60.4 Å². The molecular formula is C27H32O15. The number of benzene rings is 1. The minimum absolute atomic E-state index is 0.0673. The molecule has 11 atom stereocenters. The predicted octanol–water partition coefficient (Wildman–Crippen LogP) is -1.34. The summed E-state index contributed by atoms with van der Waals surface area (Å²) in [6.07, 6.45) is -12.6. The summed E-state index contributed by atoms with van der Waals surface area (Å²) in [6, 6.07) is 3.72. The van der Waals surface area contributed by atoms with Crippen molar-refractivity contribution >= 4 is 5.76 Å². The Hall–Kier alpha value is -3.38. The topological polar surface area (TPSA) is 248 Å². The SMILES string of the molecule is C[C@@H]1O[C@H](OC[C@@H]2O[C@H](OC3=C(c4ccc(O)c(O)c4)OC4C=C(O)C=C(O)C4=C3)[C@@H](O)[C@H](O)[C@H]2O)[C@@H](O)[C@H](O)[C@H]1O. The third-order valence-corrected chi connectivity index (χ3v) is 7.35. The van der Waals surface area contributed by atoms with Crippen LogP contribution in [0.4, 0.5) is 0 Å². The van der Waals surface area contributed by atoms with Gasteiger partial charge in [-0.05, 0) is 31.2 Å². The van der Waals surface area contributed by atoms with Gasteiger partial charge in [-0.25, -0.2) is 0 Å². The fourth-order valence-corrected chi connectivity index (χ4v) is 4.89. The number of aliphatic hydroxyl groups is 8. The van der Waals surface area contributed by atoms with Crippen LogP contribution in [-0.4, -0.2) is 125 Å². The highest BCUT2D eigenvalue weighted by molar-refractivity contribution is 5.70. The zero-order valence-electron chi connectivity index (χ0n) is 22.0. The average molecular weight is 597 g/mol. The van der Waals surface area contributed by atoms with Gasteiger partial charge in [-0.3, -0.25) is 0 Å². The molecular weight excluding hydrogens is 564 g/mol. The number of rotatable bonds is 6. The van der Waals surface area contributed by atoms with Crippen molar-refractivity contribution in [3.05, 3.63) is 64.8 Å². The van der Waals surface area contributed by atoms with E-state index in [-0.39, 0.29) is 34.2 Å². The molecule has 42 heavy (non-hydrogen) atoms. The van der Waals surface area contributed by atoms with Gasteiger partial charge in [-0.2, -0.15) is 0 Å². The van der Waals surface area contributed by atoms with E-state index in [2.05, 4.69) is 0 Å². The first-order valence-corrected chi connectivity index (χ1v) is 13.0. The molecule has 10 N–H and O–H groups in total. The summed E-state index contributed by atoms with van der Waals surface area (Å²) in [5, 5.41) is 102. The molecule has 0 radical (unpaired) electrons. The Bertz CT molecular complexity index is 1300. The molecule has 3 heterocycles. The minimum atomic E-state index is -1.82. The quantitative estimate of drug-likeness (QED) is 0.171. The maximum Gasteiger partial charge on any atom is 0.229 e. The number of hydrogen-bond donors (Lipinski definition) is 10. The van der Waals surface area contributed by atoms with Gasteiger partial charge in [0.25, 0.3) is 0 Å². The van der Waals surface area contributed by atoms with Crippen LogP contribution in [-0.2, 0) is 23.7 Å². The largest absolute Gasteiger partial charge is 0.508 e. The van der Waals surface area contributed by atoms with E-state index < -0.39 is 85.6 Å². The number of phenolic OH excluding ortho intramolecular Hbond substituents is 2. The van der Waals surface area contributed by atoms with Gasteiger partial charge in [-0.15, -0.1) is 0 Å². The van der Waals surface area contributed by atoms with Gasteiger partial charge >= 0.3 is 0 Å². The van der Waals surface area contributed by atoms with Crippen LogP contribution in [0, 0.1) is 0 Å². The number of aromatic hydroxyl groups is 2. The smallest absolute Gasteiger partial charge is 0.229 e. The molecule has 2 saturated heterocycles. The summed E-state index contributed by atoms with van der Waals surface area (Å²) < 4.78 is 28.4. The first-order valence-electron chi connectivity index (χ1n) is 13.0. The molecule has 5 rings (SSSR count). The maximum atomic E-state index is 10.7. The van der Waals surface area contributed by atoms with Crippen molar-refractivity contribution in [1.82, 2.24) is 0 Å². The second-order valence-corrected chi connectivity index (χ2v) is 10.3. The van der Waals surface area contributed by atoms with E-state index in [9.17, 15) is 51.1 Å². The lowest BCUT2D eigenvalue weighted by Gasteiger charge is -2.42. The lowest BCUT2D eigenvalue weighted by atomic mass is 9.96. The number of phenols is 2. The maximum absolute atomic E-state index is 10.7. The van der Waals surface area contributed by atoms with Gasteiger partial charge < -0.3 is 74.7 Å². The van der Waals surface area contributed by atoms with E-state index in [0.29, 0.717) is 0 Å². The van der Waals surface area contributed by atoms with Crippen molar-refractivity contribution in [2.24, 2.45) is 0 Å². The van der Waals surface area contributed by atoms with E-state index in [4.69, 9.17) is 23.7 Å². The fraction of sp³-hybridized carbons (Fsp3) is 0.481. The number of allylic oxidation sites excluding steroid dienone is 2. The van der Waals surface area contributed by atoms with E-state index in [1.807, 2.05) is 0 Å². The lowest BCUT2D eigenvalue weighted by Crippen LogP contribution is -2.61. The average Bonchev–Trinajstić information content (AvgIpc) is 2.95. The van der Waals surface area contributed by atoms with Crippen LogP contribution in [0.3, 0.4) is 0 Å². The van der Waals surface area contributed by atoms with E-state index in [1.54, 1.807) is 0 Å². The van der Waals surface area contributed by atoms with Crippen LogP contribution < -0.4 is 0 Å². The van der Waals surface area contributed by atoms with Crippen molar-refractivity contribution in [2.45, 2.75) is 74.4 Å². The van der Waals surface area contributed by atoms with Gasteiger partial charge in [0, 0.05) is 23.3 Å². The number of hydrogen-bond acceptors (Lipinski definition) is 15. The number of aliphatic hydroxyl groups excluding tert-OH is 8. The highest BCUT2D eigenvalue weighted by atomic mass is 16.7. The standard InChI is InChI=1S/C27H32O15/c1-9-19(32)21(34)23(36)26(39-9)38-8-18-20(33)22(35)24(37)27(42-18)41-17-7-12-14(30)5-11(28)6-16(12)40-25(17)10-2-3-13(29)15(31)4-10/h2-7,9,16,18-24,26-37H,8H2,1H3/t9-,16?,18-,19-,20-,21+,22+,23-,24-,26-,27-/m0/s1. The summed E-state index contributed by atoms with van der Waals surface area (Å²) in [5.41, 5.74) is 0.334. The Morgan fingerprint density at radius 3 is 2.17 bits per heavy atom. The molecule has 1 unspecified atom stereocenters. The molecule has 1 aliphatic carbocycles. The van der Waals surface area contributed by atoms with Crippen molar-refractivity contribution < 1.29 is 74.7 Å². The zero-order chi connectivity index (χ0) is 30.5. The molecule has 15 nitrogen and oxygen atoms in total. The Kier molecular flexibility index (Phi) is 8.39. The van der Waals surface area contributed by atoms with E-state index in [0.717, 1.165) is 12.1 Å². The molecule has 2 fully saturated rings. The molecule has 230 valence electrons. The number of fused-ring (bicyclic) bond motifs is 1. The first-order chi connectivity index (χ1) is 19.8. The molecule has 0 aromatic heterocycles. The Morgan fingerprint density at radius 2 is 1.45 bits per heavy atom. The van der Waals surface area contributed by atoms with Crippen LogP contribution in [0.25, 0.3) is 5.76 Å². The molecule has 0 spiro atoms. The van der Waals surface area contributed by atoms with Crippen molar-refractivity contribution in [3.8, 4) is 11.5 Å². The fourth-order valence-electron chi connectivity index (χ4n) is 4.89. The van der Waals surface area contributed by atoms with Crippen LogP contribution in [0.2, 0.25) is 0 Å². The molecule has 1 aromatic carbocycles. The normalized spacial score (nSPS) is 38.5. The molecule has 0 amide bonds. The molecule has 0 saturated carbocycles.